The van der Waals surface area contributed by atoms with Crippen LogP contribution in [-0.2, 0) is 9.53 Å². The number of nitrogens with one attached hydrogen (secondary N) is 2. The Morgan fingerprint density at radius 1 is 1.16 bits per heavy atom. The van der Waals surface area contributed by atoms with Gasteiger partial charge in [0.2, 0.25) is 0 Å². The van der Waals surface area contributed by atoms with Gasteiger partial charge >= 0.3 is 5.97 Å². The highest BCUT2D eigenvalue weighted by molar-refractivity contribution is 6.07. The number of carbonyl (C=O) groups is 3. The van der Waals surface area contributed by atoms with Crippen molar-refractivity contribution in [1.82, 2.24) is 5.32 Å². The molecule has 1 aromatic heterocycles. The van der Waals surface area contributed by atoms with E-state index in [1.165, 1.54) is 18.4 Å². The summed E-state index contributed by atoms with van der Waals surface area (Å²) >= 11 is 0. The van der Waals surface area contributed by atoms with Gasteiger partial charge in [-0.1, -0.05) is 12.1 Å². The molecule has 1 aromatic carbocycles. The molecule has 2 N–H and O–H groups in total. The number of esters is 1. The quantitative estimate of drug-likeness (QED) is 0.831. The Balaban J connectivity index is 1.74. The largest absolute Gasteiger partial charge is 0.459 e. The van der Waals surface area contributed by atoms with Crippen LogP contribution in [0.15, 0.2) is 47.1 Å². The Kier molecular flexibility index (Phi) is 5.13. The van der Waals surface area contributed by atoms with Crippen LogP contribution in [-0.4, -0.2) is 30.4 Å². The zero-order valence-corrected chi connectivity index (χ0v) is 13.5. The maximum Gasteiger partial charge on any atom is 0.341 e. The number of anilines is 1. The zero-order chi connectivity index (χ0) is 17.6. The molecule has 130 valence electrons. The topological polar surface area (TPSA) is 97.6 Å². The summed E-state index contributed by atoms with van der Waals surface area (Å²) in [5.41, 5.74) is 0.474. The molecule has 0 spiro atoms. The van der Waals surface area contributed by atoms with Crippen LogP contribution in [0.3, 0.4) is 0 Å². The Morgan fingerprint density at radius 2 is 2.00 bits per heavy atom. The lowest BCUT2D eigenvalue weighted by Gasteiger charge is -2.16. The Bertz CT molecular complexity index is 770. The van der Waals surface area contributed by atoms with Crippen LogP contribution in [0.4, 0.5) is 5.69 Å². The lowest BCUT2D eigenvalue weighted by molar-refractivity contribution is -0.129. The minimum Gasteiger partial charge on any atom is -0.459 e. The molecule has 0 radical (unpaired) electrons. The molecule has 0 saturated carbocycles. The van der Waals surface area contributed by atoms with Crippen molar-refractivity contribution in [2.75, 3.05) is 11.9 Å². The minimum absolute atomic E-state index is 0.131. The summed E-state index contributed by atoms with van der Waals surface area (Å²) < 4.78 is 10.4. The lowest BCUT2D eigenvalue weighted by atomic mass is 10.1. The zero-order valence-electron chi connectivity index (χ0n) is 13.5. The first-order valence-electron chi connectivity index (χ1n) is 8.08. The number of hydrogen-bond donors (Lipinski definition) is 2. The molecule has 2 aromatic rings. The van der Waals surface area contributed by atoms with Crippen LogP contribution in [0.25, 0.3) is 0 Å². The normalized spacial score (nSPS) is 17.3. The highest BCUT2D eigenvalue weighted by Gasteiger charge is 2.26. The standard InChI is InChI=1S/C18H18N2O5/c21-16-15(8-3-4-10-19-16)25-18(23)12-6-1-2-7-13(12)20-17(22)14-9-5-11-24-14/h1-2,5-7,9,11,15H,3-4,8,10H2,(H,19,21)(H,20,22)/t15-/m0/s1. The molecule has 0 aliphatic carbocycles. The first kappa shape index (κ1) is 16.8. The van der Waals surface area contributed by atoms with E-state index in [0.717, 1.165) is 12.8 Å². The number of benzene rings is 1. The smallest absolute Gasteiger partial charge is 0.341 e. The van der Waals surface area contributed by atoms with Crippen molar-refractivity contribution in [3.8, 4) is 0 Å². The van der Waals surface area contributed by atoms with Gasteiger partial charge < -0.3 is 19.8 Å². The third kappa shape index (κ3) is 4.06. The summed E-state index contributed by atoms with van der Waals surface area (Å²) in [6.45, 7) is 0.586. The molecule has 7 nitrogen and oxygen atoms in total. The number of amides is 2. The number of para-hydroxylation sites is 1. The molecular weight excluding hydrogens is 324 g/mol. The first-order valence-corrected chi connectivity index (χ1v) is 8.08. The monoisotopic (exact) mass is 342 g/mol. The van der Waals surface area contributed by atoms with E-state index < -0.39 is 18.0 Å². The number of furan rings is 1. The molecule has 25 heavy (non-hydrogen) atoms. The second-order valence-electron chi connectivity index (χ2n) is 5.66. The van der Waals surface area contributed by atoms with Gasteiger partial charge in [0, 0.05) is 6.54 Å². The van der Waals surface area contributed by atoms with Crippen molar-refractivity contribution in [2.24, 2.45) is 0 Å². The number of hydrogen-bond acceptors (Lipinski definition) is 5. The Hall–Kier alpha value is -3.09. The third-order valence-corrected chi connectivity index (χ3v) is 3.87. The second kappa shape index (κ2) is 7.65. The van der Waals surface area contributed by atoms with E-state index >= 15 is 0 Å². The van der Waals surface area contributed by atoms with Crippen LogP contribution in [0.2, 0.25) is 0 Å². The summed E-state index contributed by atoms with van der Waals surface area (Å²) in [7, 11) is 0. The van der Waals surface area contributed by atoms with Crippen LogP contribution in [0.1, 0.15) is 40.2 Å². The third-order valence-electron chi connectivity index (χ3n) is 3.87. The van der Waals surface area contributed by atoms with E-state index in [4.69, 9.17) is 9.15 Å². The fourth-order valence-electron chi connectivity index (χ4n) is 2.58. The summed E-state index contributed by atoms with van der Waals surface area (Å²) in [6, 6.07) is 9.59. The molecule has 0 bridgehead atoms. The second-order valence-corrected chi connectivity index (χ2v) is 5.66. The SMILES string of the molecule is O=C(Nc1ccccc1C(=O)O[C@H]1CCCCNC1=O)c1ccco1. The van der Waals surface area contributed by atoms with Gasteiger partial charge in [0.15, 0.2) is 11.9 Å². The summed E-state index contributed by atoms with van der Waals surface area (Å²) in [4.78, 5) is 36.5. The van der Waals surface area contributed by atoms with Crippen molar-refractivity contribution in [3.05, 3.63) is 54.0 Å². The predicted octanol–water partition coefficient (Wildman–Crippen LogP) is 2.36. The molecule has 2 amide bonds. The van der Waals surface area contributed by atoms with Crippen molar-refractivity contribution in [3.63, 3.8) is 0 Å². The van der Waals surface area contributed by atoms with Crippen LogP contribution in [0, 0.1) is 0 Å². The van der Waals surface area contributed by atoms with Gasteiger partial charge in [-0.25, -0.2) is 4.79 Å². The van der Waals surface area contributed by atoms with Crippen molar-refractivity contribution in [2.45, 2.75) is 25.4 Å². The van der Waals surface area contributed by atoms with Gasteiger partial charge in [0.25, 0.3) is 11.8 Å². The highest BCUT2D eigenvalue weighted by atomic mass is 16.5. The first-order chi connectivity index (χ1) is 12.1. The molecule has 1 fully saturated rings. The summed E-state index contributed by atoms with van der Waals surface area (Å²) in [6.07, 6.45) is 2.71. The van der Waals surface area contributed by atoms with Gasteiger partial charge in [0.05, 0.1) is 17.5 Å². The van der Waals surface area contributed by atoms with E-state index in [1.807, 2.05) is 0 Å². The maximum absolute atomic E-state index is 12.5. The fourth-order valence-corrected chi connectivity index (χ4v) is 2.58. The van der Waals surface area contributed by atoms with E-state index in [0.29, 0.717) is 18.7 Å². The molecule has 1 saturated heterocycles. The molecular formula is C18H18N2O5. The number of carbonyl (C=O) groups excluding carboxylic acids is 3. The van der Waals surface area contributed by atoms with Gasteiger partial charge in [-0.3, -0.25) is 9.59 Å². The van der Waals surface area contributed by atoms with Crippen LogP contribution in [0.5, 0.6) is 0 Å². The molecule has 1 aliphatic rings. The molecule has 7 heteroatoms. The van der Waals surface area contributed by atoms with Crippen LogP contribution >= 0.6 is 0 Å². The lowest BCUT2D eigenvalue weighted by Crippen LogP contribution is -2.36. The van der Waals surface area contributed by atoms with Crippen LogP contribution < -0.4 is 10.6 Å². The van der Waals surface area contributed by atoms with Gasteiger partial charge in [-0.05, 0) is 43.5 Å². The van der Waals surface area contributed by atoms with E-state index in [2.05, 4.69) is 10.6 Å². The van der Waals surface area contributed by atoms with Gasteiger partial charge in [-0.2, -0.15) is 0 Å². The summed E-state index contributed by atoms with van der Waals surface area (Å²) in [5, 5.41) is 5.34. The molecule has 2 heterocycles. The Morgan fingerprint density at radius 3 is 2.80 bits per heavy atom. The average Bonchev–Trinajstić information content (AvgIpc) is 3.08. The van der Waals surface area contributed by atoms with Crippen molar-refractivity contribution < 1.29 is 23.5 Å². The average molecular weight is 342 g/mol. The maximum atomic E-state index is 12.5. The van der Waals surface area contributed by atoms with E-state index in [9.17, 15) is 14.4 Å². The van der Waals surface area contributed by atoms with Crippen molar-refractivity contribution in [1.29, 1.82) is 0 Å². The fraction of sp³-hybridized carbons (Fsp3) is 0.278. The van der Waals surface area contributed by atoms with Crippen molar-refractivity contribution >= 4 is 23.5 Å². The van der Waals surface area contributed by atoms with Gasteiger partial charge in [0.1, 0.15) is 0 Å². The van der Waals surface area contributed by atoms with E-state index in [-0.39, 0.29) is 17.2 Å². The predicted molar refractivity (Wildman–Crippen MR) is 89.2 cm³/mol. The molecule has 1 aliphatic heterocycles. The minimum atomic E-state index is -0.816. The number of ether oxygens (including phenoxy) is 1. The number of rotatable bonds is 4. The molecule has 0 unspecified atom stereocenters. The van der Waals surface area contributed by atoms with Gasteiger partial charge in [-0.15, -0.1) is 0 Å². The molecule has 3 rings (SSSR count). The summed E-state index contributed by atoms with van der Waals surface area (Å²) in [5.74, 6) is -1.29. The molecule has 1 atom stereocenters. The Labute approximate surface area is 144 Å². The van der Waals surface area contributed by atoms with E-state index in [1.54, 1.807) is 24.3 Å². The highest BCUT2D eigenvalue weighted by Crippen LogP contribution is 2.20.